The predicted molar refractivity (Wildman–Crippen MR) is 85.5 cm³/mol. The van der Waals surface area contributed by atoms with E-state index in [1.165, 1.54) is 0 Å². The first-order chi connectivity index (χ1) is 10.8. The molecule has 1 N–H and O–H groups in total. The number of hydrogen-bond acceptors (Lipinski definition) is 4. The molecule has 4 nitrogen and oxygen atoms in total. The van der Waals surface area contributed by atoms with Crippen LogP contribution in [-0.4, -0.2) is 28.8 Å². The van der Waals surface area contributed by atoms with Gasteiger partial charge in [0, 0.05) is 35.0 Å². The monoisotopic (exact) mass is 290 g/mol. The molecule has 0 aliphatic heterocycles. The van der Waals surface area contributed by atoms with Crippen molar-refractivity contribution in [1.29, 1.82) is 0 Å². The number of hydrogen-bond donors (Lipinski definition) is 1. The van der Waals surface area contributed by atoms with Gasteiger partial charge >= 0.3 is 0 Å². The van der Waals surface area contributed by atoms with Crippen molar-refractivity contribution >= 4 is 10.9 Å². The summed E-state index contributed by atoms with van der Waals surface area (Å²) in [5.41, 5.74) is 3.74. The molecule has 0 amide bonds. The normalized spacial score (nSPS) is 10.1. The standard InChI is InChI=1S/C18H14N2O2/c1-22-18-7-5-15(12-20-18)14-4-6-17-16(11-14)13(3-2-10-21)8-9-19-17/h4-9,11-12,21H,10H2,1H3. The summed E-state index contributed by atoms with van der Waals surface area (Å²) in [7, 11) is 1.59. The third-order valence-electron chi connectivity index (χ3n) is 3.32. The number of benzene rings is 1. The van der Waals surface area contributed by atoms with Gasteiger partial charge < -0.3 is 9.84 Å². The van der Waals surface area contributed by atoms with Crippen LogP contribution in [0.4, 0.5) is 0 Å². The minimum absolute atomic E-state index is 0.161. The number of methoxy groups -OCH3 is 1. The molecule has 0 atom stereocenters. The fourth-order valence-electron chi connectivity index (χ4n) is 2.24. The van der Waals surface area contributed by atoms with E-state index in [4.69, 9.17) is 9.84 Å². The van der Waals surface area contributed by atoms with Crippen LogP contribution in [0.3, 0.4) is 0 Å². The van der Waals surface area contributed by atoms with Gasteiger partial charge in [0.15, 0.2) is 0 Å². The second kappa shape index (κ2) is 6.25. The van der Waals surface area contributed by atoms with Gasteiger partial charge in [0.1, 0.15) is 6.61 Å². The van der Waals surface area contributed by atoms with Gasteiger partial charge in [-0.3, -0.25) is 4.98 Å². The highest BCUT2D eigenvalue weighted by Gasteiger charge is 2.04. The quantitative estimate of drug-likeness (QED) is 0.737. The largest absolute Gasteiger partial charge is 0.481 e. The van der Waals surface area contributed by atoms with Crippen LogP contribution in [0.15, 0.2) is 48.8 Å². The Bertz CT molecular complexity index is 862. The Kier molecular flexibility index (Phi) is 3.99. The highest BCUT2D eigenvalue weighted by atomic mass is 16.5. The van der Waals surface area contributed by atoms with E-state index in [-0.39, 0.29) is 6.61 Å². The molecule has 22 heavy (non-hydrogen) atoms. The first-order valence-electron chi connectivity index (χ1n) is 6.81. The van der Waals surface area contributed by atoms with Gasteiger partial charge in [-0.1, -0.05) is 17.9 Å². The fraction of sp³-hybridized carbons (Fsp3) is 0.111. The summed E-state index contributed by atoms with van der Waals surface area (Å²) in [4.78, 5) is 8.57. The molecule has 0 aliphatic rings. The summed E-state index contributed by atoms with van der Waals surface area (Å²) in [6, 6.07) is 11.6. The summed E-state index contributed by atoms with van der Waals surface area (Å²) >= 11 is 0. The maximum absolute atomic E-state index is 8.87. The molecule has 0 aliphatic carbocycles. The first kappa shape index (κ1) is 14.1. The van der Waals surface area contributed by atoms with Crippen LogP contribution in [0, 0.1) is 11.8 Å². The Balaban J connectivity index is 2.11. The van der Waals surface area contributed by atoms with Crippen molar-refractivity contribution in [2.45, 2.75) is 0 Å². The predicted octanol–water partition coefficient (Wildman–Crippen LogP) is 2.65. The lowest BCUT2D eigenvalue weighted by Crippen LogP contribution is -1.89. The van der Waals surface area contributed by atoms with Crippen molar-refractivity contribution in [1.82, 2.24) is 9.97 Å². The van der Waals surface area contributed by atoms with E-state index < -0.39 is 0 Å². The van der Waals surface area contributed by atoms with Gasteiger partial charge in [0.05, 0.1) is 12.6 Å². The number of aliphatic hydroxyl groups excluding tert-OH is 1. The van der Waals surface area contributed by atoms with Gasteiger partial charge in [0.25, 0.3) is 0 Å². The van der Waals surface area contributed by atoms with E-state index in [2.05, 4.69) is 21.8 Å². The number of ether oxygens (including phenoxy) is 1. The molecule has 0 bridgehead atoms. The molecule has 2 aromatic heterocycles. The van der Waals surface area contributed by atoms with E-state index in [0.717, 1.165) is 27.6 Å². The third-order valence-corrected chi connectivity index (χ3v) is 3.32. The van der Waals surface area contributed by atoms with E-state index in [0.29, 0.717) is 5.88 Å². The molecular weight excluding hydrogens is 276 g/mol. The zero-order chi connectivity index (χ0) is 15.4. The lowest BCUT2D eigenvalue weighted by Gasteiger charge is -2.06. The molecule has 0 saturated heterocycles. The molecule has 4 heteroatoms. The van der Waals surface area contributed by atoms with E-state index in [1.54, 1.807) is 19.5 Å². The molecule has 0 unspecified atom stereocenters. The summed E-state index contributed by atoms with van der Waals surface area (Å²) in [5, 5.41) is 9.83. The Morgan fingerprint density at radius 3 is 2.68 bits per heavy atom. The van der Waals surface area contributed by atoms with Gasteiger partial charge in [-0.15, -0.1) is 0 Å². The molecule has 3 rings (SSSR count). The molecule has 0 saturated carbocycles. The minimum atomic E-state index is -0.161. The van der Waals surface area contributed by atoms with Crippen molar-refractivity contribution in [3.8, 4) is 28.8 Å². The molecule has 2 heterocycles. The van der Waals surface area contributed by atoms with Crippen LogP contribution in [0.2, 0.25) is 0 Å². The topological polar surface area (TPSA) is 55.2 Å². The molecule has 108 valence electrons. The van der Waals surface area contributed by atoms with Crippen LogP contribution in [0.25, 0.3) is 22.0 Å². The summed E-state index contributed by atoms with van der Waals surface area (Å²) in [6.07, 6.45) is 3.49. The van der Waals surface area contributed by atoms with Crippen molar-refractivity contribution in [3.05, 3.63) is 54.4 Å². The van der Waals surface area contributed by atoms with Gasteiger partial charge in [-0.2, -0.15) is 0 Å². The van der Waals surface area contributed by atoms with Crippen LogP contribution in [0.5, 0.6) is 5.88 Å². The highest BCUT2D eigenvalue weighted by Crippen LogP contribution is 2.25. The average Bonchev–Trinajstić information content (AvgIpc) is 2.59. The van der Waals surface area contributed by atoms with Crippen molar-refractivity contribution in [2.24, 2.45) is 0 Å². The number of fused-ring (bicyclic) bond motifs is 1. The fourth-order valence-corrected chi connectivity index (χ4v) is 2.24. The smallest absolute Gasteiger partial charge is 0.212 e. The number of aromatic nitrogens is 2. The Morgan fingerprint density at radius 1 is 1.09 bits per heavy atom. The van der Waals surface area contributed by atoms with Gasteiger partial charge in [0.2, 0.25) is 5.88 Å². The molecule has 1 aromatic carbocycles. The van der Waals surface area contributed by atoms with Crippen LogP contribution in [0.1, 0.15) is 5.56 Å². The van der Waals surface area contributed by atoms with Crippen molar-refractivity contribution in [2.75, 3.05) is 13.7 Å². The van der Waals surface area contributed by atoms with E-state index >= 15 is 0 Å². The molecule has 0 radical (unpaired) electrons. The second-order valence-electron chi connectivity index (χ2n) is 4.64. The SMILES string of the molecule is COc1ccc(-c2ccc3nccc(C#CCO)c3c2)cn1. The minimum Gasteiger partial charge on any atom is -0.481 e. The van der Waals surface area contributed by atoms with Gasteiger partial charge in [-0.25, -0.2) is 4.98 Å². The first-order valence-corrected chi connectivity index (χ1v) is 6.81. The number of nitrogens with zero attached hydrogens (tertiary/aromatic N) is 2. The number of rotatable bonds is 2. The zero-order valence-corrected chi connectivity index (χ0v) is 12.1. The average molecular weight is 290 g/mol. The maximum Gasteiger partial charge on any atom is 0.212 e. The Morgan fingerprint density at radius 2 is 1.95 bits per heavy atom. The maximum atomic E-state index is 8.87. The number of pyridine rings is 2. The van der Waals surface area contributed by atoms with Crippen LogP contribution >= 0.6 is 0 Å². The molecular formula is C18H14N2O2. The third kappa shape index (κ3) is 2.76. The summed E-state index contributed by atoms with van der Waals surface area (Å²) in [6.45, 7) is -0.161. The van der Waals surface area contributed by atoms with Crippen molar-refractivity contribution in [3.63, 3.8) is 0 Å². The summed E-state index contributed by atoms with van der Waals surface area (Å²) < 4.78 is 5.08. The zero-order valence-electron chi connectivity index (χ0n) is 12.1. The second-order valence-corrected chi connectivity index (χ2v) is 4.64. The van der Waals surface area contributed by atoms with Crippen LogP contribution in [-0.2, 0) is 0 Å². The molecule has 3 aromatic rings. The Labute approximate surface area is 128 Å². The lowest BCUT2D eigenvalue weighted by molar-refractivity contribution is 0.350. The number of aliphatic hydroxyl groups is 1. The van der Waals surface area contributed by atoms with Gasteiger partial charge in [-0.05, 0) is 29.8 Å². The lowest BCUT2D eigenvalue weighted by atomic mass is 10.0. The van der Waals surface area contributed by atoms with Crippen molar-refractivity contribution < 1.29 is 9.84 Å². The molecule has 0 fully saturated rings. The van der Waals surface area contributed by atoms with E-state index in [1.807, 2.05) is 36.4 Å². The molecule has 0 spiro atoms. The summed E-state index contributed by atoms with van der Waals surface area (Å²) in [5.74, 6) is 6.22. The van der Waals surface area contributed by atoms with Crippen LogP contribution < -0.4 is 4.74 Å². The Hall–Kier alpha value is -2.90. The highest BCUT2D eigenvalue weighted by molar-refractivity contribution is 5.89. The van der Waals surface area contributed by atoms with E-state index in [9.17, 15) is 0 Å².